The molecule has 0 bridgehead atoms. The summed E-state index contributed by atoms with van der Waals surface area (Å²) in [6.45, 7) is 7.47. The number of halogens is 1. The molecule has 0 heterocycles. The number of unbranched alkanes of at least 4 members (excludes halogenated alkanes) is 2. The molecule has 0 atom stereocenters. The summed E-state index contributed by atoms with van der Waals surface area (Å²) in [5.41, 5.74) is 0. The van der Waals surface area contributed by atoms with Gasteiger partial charge >= 0.3 is 0 Å². The monoisotopic (exact) mass is 420 g/mol. The van der Waals surface area contributed by atoms with Crippen LogP contribution in [0, 0.1) is 0 Å². The van der Waals surface area contributed by atoms with Crippen LogP contribution in [0.1, 0.15) is 39.5 Å². The molecule has 1 N–H and O–H groups in total. The zero-order chi connectivity index (χ0) is 18.0. The number of ether oxygens (including phenoxy) is 1. The molecular weight excluding hydrogens is 392 g/mol. The second-order valence-corrected chi connectivity index (χ2v) is 8.39. The van der Waals surface area contributed by atoms with Crippen molar-refractivity contribution < 1.29 is 13.2 Å². The van der Waals surface area contributed by atoms with Crippen LogP contribution in [0.2, 0.25) is 0 Å². The van der Waals surface area contributed by atoms with Crippen molar-refractivity contribution in [2.45, 2.75) is 44.4 Å². The standard InChI is InChI=1S/C17H29BrN2O3S/c1-4-6-11-20(12-7-5-2)13-10-19-24(21,22)17-14-15(18)8-9-16(17)23-3/h8-9,14,19H,4-7,10-13H2,1-3H3. The van der Waals surface area contributed by atoms with E-state index in [0.29, 0.717) is 16.8 Å². The number of hydrogen-bond acceptors (Lipinski definition) is 4. The molecule has 1 aromatic carbocycles. The third kappa shape index (κ3) is 7.09. The van der Waals surface area contributed by atoms with Crippen LogP contribution in [0.3, 0.4) is 0 Å². The highest BCUT2D eigenvalue weighted by Crippen LogP contribution is 2.26. The summed E-state index contributed by atoms with van der Waals surface area (Å²) in [5.74, 6) is 0.347. The highest BCUT2D eigenvalue weighted by molar-refractivity contribution is 9.10. The maximum absolute atomic E-state index is 12.5. The average Bonchev–Trinajstić information content (AvgIpc) is 2.56. The van der Waals surface area contributed by atoms with Crippen molar-refractivity contribution in [3.8, 4) is 5.75 Å². The lowest BCUT2D eigenvalue weighted by molar-refractivity contribution is 0.269. The van der Waals surface area contributed by atoms with Gasteiger partial charge in [0.2, 0.25) is 10.0 Å². The maximum Gasteiger partial charge on any atom is 0.244 e. The largest absolute Gasteiger partial charge is 0.495 e. The van der Waals surface area contributed by atoms with Gasteiger partial charge in [0.1, 0.15) is 10.6 Å². The van der Waals surface area contributed by atoms with E-state index in [4.69, 9.17) is 4.74 Å². The summed E-state index contributed by atoms with van der Waals surface area (Å²) in [5, 5.41) is 0. The van der Waals surface area contributed by atoms with Crippen molar-refractivity contribution in [2.75, 3.05) is 33.3 Å². The Bertz CT molecular complexity index is 585. The Labute approximate surface area is 154 Å². The predicted octanol–water partition coefficient (Wildman–Crippen LogP) is 3.64. The van der Waals surface area contributed by atoms with E-state index in [1.54, 1.807) is 18.2 Å². The highest BCUT2D eigenvalue weighted by atomic mass is 79.9. The molecule has 0 aromatic heterocycles. The summed E-state index contributed by atoms with van der Waals surface area (Å²) < 4.78 is 33.7. The normalized spacial score (nSPS) is 11.9. The van der Waals surface area contributed by atoms with E-state index in [2.05, 4.69) is 39.4 Å². The first-order chi connectivity index (χ1) is 11.4. The number of benzene rings is 1. The van der Waals surface area contributed by atoms with Crippen LogP contribution in [0.4, 0.5) is 0 Å². The van der Waals surface area contributed by atoms with Crippen LogP contribution in [0.15, 0.2) is 27.6 Å². The van der Waals surface area contributed by atoms with Crippen molar-refractivity contribution in [3.63, 3.8) is 0 Å². The fourth-order valence-corrected chi connectivity index (χ4v) is 4.10. The minimum Gasteiger partial charge on any atom is -0.495 e. The van der Waals surface area contributed by atoms with E-state index in [-0.39, 0.29) is 4.90 Å². The molecule has 0 unspecified atom stereocenters. The molecule has 138 valence electrons. The Kier molecular flexibility index (Phi) is 9.88. The van der Waals surface area contributed by atoms with Crippen molar-refractivity contribution in [2.24, 2.45) is 0 Å². The minimum absolute atomic E-state index is 0.160. The van der Waals surface area contributed by atoms with E-state index in [9.17, 15) is 8.42 Å². The number of methoxy groups -OCH3 is 1. The van der Waals surface area contributed by atoms with E-state index in [1.165, 1.54) is 7.11 Å². The van der Waals surface area contributed by atoms with Crippen molar-refractivity contribution in [3.05, 3.63) is 22.7 Å². The lowest BCUT2D eigenvalue weighted by Gasteiger charge is -2.22. The molecule has 0 radical (unpaired) electrons. The maximum atomic E-state index is 12.5. The summed E-state index contributed by atoms with van der Waals surface area (Å²) in [6.07, 6.45) is 4.55. The molecule has 1 aromatic rings. The Morgan fingerprint density at radius 2 is 1.75 bits per heavy atom. The first-order valence-corrected chi connectivity index (χ1v) is 10.8. The van der Waals surface area contributed by atoms with Crippen molar-refractivity contribution >= 4 is 26.0 Å². The summed E-state index contributed by atoms with van der Waals surface area (Å²) in [6, 6.07) is 4.97. The molecule has 7 heteroatoms. The van der Waals surface area contributed by atoms with Gasteiger partial charge < -0.3 is 9.64 Å². The Hall–Kier alpha value is -0.630. The van der Waals surface area contributed by atoms with Gasteiger partial charge in [0.15, 0.2) is 0 Å². The highest BCUT2D eigenvalue weighted by Gasteiger charge is 2.19. The zero-order valence-corrected chi connectivity index (χ0v) is 17.2. The van der Waals surface area contributed by atoms with Gasteiger partial charge in [0.05, 0.1) is 7.11 Å². The molecular formula is C17H29BrN2O3S. The van der Waals surface area contributed by atoms with Crippen molar-refractivity contribution in [1.29, 1.82) is 0 Å². The molecule has 0 saturated carbocycles. The molecule has 0 aliphatic heterocycles. The Morgan fingerprint density at radius 1 is 1.12 bits per heavy atom. The van der Waals surface area contributed by atoms with E-state index in [0.717, 1.165) is 45.3 Å². The third-order valence-corrected chi connectivity index (χ3v) is 5.77. The molecule has 5 nitrogen and oxygen atoms in total. The fraction of sp³-hybridized carbons (Fsp3) is 0.647. The van der Waals surface area contributed by atoms with Gasteiger partial charge in [-0.2, -0.15) is 0 Å². The number of hydrogen-bond donors (Lipinski definition) is 1. The van der Waals surface area contributed by atoms with E-state index < -0.39 is 10.0 Å². The third-order valence-electron chi connectivity index (χ3n) is 3.79. The number of rotatable bonds is 12. The predicted molar refractivity (Wildman–Crippen MR) is 102 cm³/mol. The summed E-state index contributed by atoms with van der Waals surface area (Å²) in [7, 11) is -2.12. The SMILES string of the molecule is CCCCN(CCCC)CCNS(=O)(=O)c1cc(Br)ccc1OC. The molecule has 0 saturated heterocycles. The van der Waals surface area contributed by atoms with E-state index >= 15 is 0 Å². The molecule has 0 amide bonds. The van der Waals surface area contributed by atoms with Crippen LogP contribution in [0.5, 0.6) is 5.75 Å². The van der Waals surface area contributed by atoms with Gasteiger partial charge in [0, 0.05) is 17.6 Å². The lowest BCUT2D eigenvalue weighted by atomic mass is 10.2. The van der Waals surface area contributed by atoms with Crippen LogP contribution >= 0.6 is 15.9 Å². The minimum atomic E-state index is -3.59. The fourth-order valence-electron chi connectivity index (χ4n) is 2.38. The second-order valence-electron chi connectivity index (χ2n) is 5.74. The molecule has 0 aliphatic rings. The Balaban J connectivity index is 2.68. The van der Waals surface area contributed by atoms with Gasteiger partial charge in [-0.1, -0.05) is 42.6 Å². The molecule has 1 rings (SSSR count). The van der Waals surface area contributed by atoms with Gasteiger partial charge in [-0.05, 0) is 44.1 Å². The summed E-state index contributed by atoms with van der Waals surface area (Å²) >= 11 is 3.31. The van der Waals surface area contributed by atoms with Gasteiger partial charge in [0.25, 0.3) is 0 Å². The van der Waals surface area contributed by atoms with E-state index in [1.807, 2.05) is 0 Å². The number of nitrogens with zero attached hydrogens (tertiary/aromatic N) is 1. The first-order valence-electron chi connectivity index (χ1n) is 8.50. The molecule has 24 heavy (non-hydrogen) atoms. The van der Waals surface area contributed by atoms with Crippen LogP contribution in [0.25, 0.3) is 0 Å². The van der Waals surface area contributed by atoms with Gasteiger partial charge in [-0.15, -0.1) is 0 Å². The zero-order valence-electron chi connectivity index (χ0n) is 14.8. The van der Waals surface area contributed by atoms with Crippen LogP contribution in [-0.4, -0.2) is 46.6 Å². The molecule has 0 aliphatic carbocycles. The second kappa shape index (κ2) is 11.1. The molecule has 0 spiro atoms. The van der Waals surface area contributed by atoms with Crippen LogP contribution in [-0.2, 0) is 10.0 Å². The number of sulfonamides is 1. The number of nitrogens with one attached hydrogen (secondary N) is 1. The van der Waals surface area contributed by atoms with Crippen LogP contribution < -0.4 is 9.46 Å². The lowest BCUT2D eigenvalue weighted by Crippen LogP contribution is -2.36. The first kappa shape index (κ1) is 21.4. The average molecular weight is 421 g/mol. The van der Waals surface area contributed by atoms with Gasteiger partial charge in [-0.3, -0.25) is 0 Å². The summed E-state index contributed by atoms with van der Waals surface area (Å²) in [4.78, 5) is 2.49. The topological polar surface area (TPSA) is 58.6 Å². The van der Waals surface area contributed by atoms with Gasteiger partial charge in [-0.25, -0.2) is 13.1 Å². The Morgan fingerprint density at radius 3 is 2.29 bits per heavy atom. The van der Waals surface area contributed by atoms with Crippen molar-refractivity contribution in [1.82, 2.24) is 9.62 Å². The molecule has 0 fully saturated rings. The quantitative estimate of drug-likeness (QED) is 0.560. The smallest absolute Gasteiger partial charge is 0.244 e.